The number of nitrogens with zero attached hydrogens (tertiary/aromatic N) is 2. The number of ether oxygens (including phenoxy) is 2. The van der Waals surface area contributed by atoms with E-state index in [1.165, 1.54) is 0 Å². The Morgan fingerprint density at radius 2 is 2.04 bits per heavy atom. The van der Waals surface area contributed by atoms with Crippen molar-refractivity contribution in [1.82, 2.24) is 0 Å². The van der Waals surface area contributed by atoms with Crippen LogP contribution in [0.15, 0.2) is 5.03 Å². The van der Waals surface area contributed by atoms with Gasteiger partial charge in [-0.25, -0.2) is 4.98 Å². The molecule has 0 amide bonds. The molecule has 2 aliphatic heterocycles. The molecule has 124 valence electrons. The summed E-state index contributed by atoms with van der Waals surface area (Å²) in [6.45, 7) is 10.1. The van der Waals surface area contributed by atoms with Crippen LogP contribution in [0.2, 0.25) is 0 Å². The van der Waals surface area contributed by atoms with Gasteiger partial charge in [-0.05, 0) is 25.2 Å². The molecule has 1 N–H and O–H groups in total. The molecule has 1 aromatic rings. The number of anilines is 1. The minimum absolute atomic E-state index is 0.226. The lowest BCUT2D eigenvalue weighted by atomic mass is 9.89. The SMILES string of the molecule is CCSc1[nH+]c(N2CCOCC2)c2c(c1C#N)CC(C)(C)OC2. The largest absolute Gasteiger partial charge is 0.373 e. The van der Waals surface area contributed by atoms with Crippen molar-refractivity contribution >= 4 is 17.6 Å². The summed E-state index contributed by atoms with van der Waals surface area (Å²) in [7, 11) is 0. The van der Waals surface area contributed by atoms with Crippen LogP contribution in [-0.2, 0) is 22.5 Å². The Bertz CT molecular complexity index is 634. The first-order chi connectivity index (χ1) is 11.1. The summed E-state index contributed by atoms with van der Waals surface area (Å²) < 4.78 is 11.5. The minimum Gasteiger partial charge on any atom is -0.373 e. The molecule has 6 heteroatoms. The zero-order chi connectivity index (χ0) is 16.4. The van der Waals surface area contributed by atoms with Crippen molar-refractivity contribution in [1.29, 1.82) is 5.26 Å². The number of rotatable bonds is 3. The Hall–Kier alpha value is -1.29. The number of aromatic amines is 1. The summed E-state index contributed by atoms with van der Waals surface area (Å²) >= 11 is 1.70. The highest BCUT2D eigenvalue weighted by molar-refractivity contribution is 7.99. The van der Waals surface area contributed by atoms with Crippen molar-refractivity contribution in [2.75, 3.05) is 37.0 Å². The molecule has 3 rings (SSSR count). The van der Waals surface area contributed by atoms with Crippen LogP contribution in [0, 0.1) is 11.3 Å². The Labute approximate surface area is 142 Å². The molecule has 0 aliphatic carbocycles. The second-order valence-corrected chi connectivity index (χ2v) is 7.78. The highest BCUT2D eigenvalue weighted by Crippen LogP contribution is 2.36. The van der Waals surface area contributed by atoms with Crippen LogP contribution in [0.25, 0.3) is 0 Å². The van der Waals surface area contributed by atoms with Crippen LogP contribution >= 0.6 is 11.8 Å². The van der Waals surface area contributed by atoms with Crippen molar-refractivity contribution in [2.24, 2.45) is 0 Å². The van der Waals surface area contributed by atoms with E-state index < -0.39 is 0 Å². The lowest BCUT2D eigenvalue weighted by Crippen LogP contribution is -2.43. The number of pyridine rings is 1. The monoisotopic (exact) mass is 334 g/mol. The van der Waals surface area contributed by atoms with Gasteiger partial charge in [-0.3, -0.25) is 4.90 Å². The predicted octanol–water partition coefficient (Wildman–Crippen LogP) is 2.17. The number of hydrogen-bond donors (Lipinski definition) is 0. The number of hydrogen-bond acceptors (Lipinski definition) is 5. The minimum atomic E-state index is -0.226. The van der Waals surface area contributed by atoms with Gasteiger partial charge >= 0.3 is 0 Å². The Balaban J connectivity index is 2.12. The average Bonchev–Trinajstić information content (AvgIpc) is 2.54. The van der Waals surface area contributed by atoms with Crippen molar-refractivity contribution in [3.8, 4) is 6.07 Å². The van der Waals surface area contributed by atoms with Gasteiger partial charge in [0.15, 0.2) is 5.03 Å². The number of aromatic nitrogens is 1. The maximum atomic E-state index is 9.71. The molecule has 5 nitrogen and oxygen atoms in total. The Morgan fingerprint density at radius 3 is 2.70 bits per heavy atom. The number of nitriles is 1. The quantitative estimate of drug-likeness (QED) is 0.793. The third-order valence-electron chi connectivity index (χ3n) is 4.35. The van der Waals surface area contributed by atoms with Gasteiger partial charge in [-0.15, -0.1) is 0 Å². The van der Waals surface area contributed by atoms with Crippen LogP contribution in [0.4, 0.5) is 5.82 Å². The Kier molecular flexibility index (Phi) is 4.81. The summed E-state index contributed by atoms with van der Waals surface area (Å²) in [5.74, 6) is 2.04. The second-order valence-electron chi connectivity index (χ2n) is 6.50. The van der Waals surface area contributed by atoms with Gasteiger partial charge in [0.25, 0.3) is 5.82 Å². The molecule has 0 aromatic carbocycles. The first kappa shape index (κ1) is 16.6. The molecule has 0 unspecified atom stereocenters. The fourth-order valence-corrected chi connectivity index (χ4v) is 3.97. The maximum absolute atomic E-state index is 9.71. The number of morpholine rings is 1. The van der Waals surface area contributed by atoms with Crippen LogP contribution in [0.5, 0.6) is 0 Å². The van der Waals surface area contributed by atoms with E-state index >= 15 is 0 Å². The average molecular weight is 334 g/mol. The summed E-state index contributed by atoms with van der Waals surface area (Å²) in [6.07, 6.45) is 0.772. The first-order valence-electron chi connectivity index (χ1n) is 8.16. The molecule has 1 fully saturated rings. The number of thioether (sulfide) groups is 1. The molecular formula is C17H24N3O2S+. The van der Waals surface area contributed by atoms with E-state index in [-0.39, 0.29) is 5.60 Å². The summed E-state index contributed by atoms with van der Waals surface area (Å²) in [5, 5.41) is 10.7. The zero-order valence-electron chi connectivity index (χ0n) is 14.1. The van der Waals surface area contributed by atoms with Crippen LogP contribution in [0.1, 0.15) is 37.5 Å². The summed E-state index contributed by atoms with van der Waals surface area (Å²) in [6, 6.07) is 2.43. The van der Waals surface area contributed by atoms with Gasteiger partial charge in [0.2, 0.25) is 0 Å². The smallest absolute Gasteiger partial charge is 0.281 e. The number of nitrogens with one attached hydrogen (secondary N) is 1. The molecule has 1 saturated heterocycles. The van der Waals surface area contributed by atoms with E-state index in [2.05, 4.69) is 36.7 Å². The number of fused-ring (bicyclic) bond motifs is 1. The molecule has 0 saturated carbocycles. The van der Waals surface area contributed by atoms with E-state index in [0.717, 1.165) is 66.0 Å². The fourth-order valence-electron chi connectivity index (χ4n) is 3.20. The van der Waals surface area contributed by atoms with Gasteiger partial charge in [0, 0.05) is 6.42 Å². The fraction of sp³-hybridized carbons (Fsp3) is 0.647. The molecule has 0 atom stereocenters. The van der Waals surface area contributed by atoms with Crippen molar-refractivity contribution < 1.29 is 14.5 Å². The highest BCUT2D eigenvalue weighted by atomic mass is 32.2. The van der Waals surface area contributed by atoms with Crippen molar-refractivity contribution in [3.63, 3.8) is 0 Å². The normalized spacial score (nSPS) is 20.0. The van der Waals surface area contributed by atoms with Crippen LogP contribution < -0.4 is 9.88 Å². The molecular weight excluding hydrogens is 310 g/mol. The zero-order valence-corrected chi connectivity index (χ0v) is 14.9. The third kappa shape index (κ3) is 3.32. The first-order valence-corrected chi connectivity index (χ1v) is 9.15. The van der Waals surface area contributed by atoms with Crippen molar-refractivity contribution in [3.05, 3.63) is 16.7 Å². The second kappa shape index (κ2) is 6.68. The van der Waals surface area contributed by atoms with E-state index in [0.29, 0.717) is 6.61 Å². The molecule has 0 bridgehead atoms. The third-order valence-corrected chi connectivity index (χ3v) is 5.23. The molecule has 1 aromatic heterocycles. The summed E-state index contributed by atoms with van der Waals surface area (Å²) in [4.78, 5) is 5.85. The van der Waals surface area contributed by atoms with Gasteiger partial charge in [0.1, 0.15) is 24.7 Å². The molecule has 0 radical (unpaired) electrons. The lowest BCUT2D eigenvalue weighted by molar-refractivity contribution is -0.415. The summed E-state index contributed by atoms with van der Waals surface area (Å²) in [5.41, 5.74) is 2.86. The lowest BCUT2D eigenvalue weighted by Gasteiger charge is -2.34. The van der Waals surface area contributed by atoms with Crippen LogP contribution in [0.3, 0.4) is 0 Å². The molecule has 0 spiro atoms. The Morgan fingerprint density at radius 1 is 1.30 bits per heavy atom. The van der Waals surface area contributed by atoms with Gasteiger partial charge in [-0.2, -0.15) is 5.26 Å². The highest BCUT2D eigenvalue weighted by Gasteiger charge is 2.36. The molecule has 23 heavy (non-hydrogen) atoms. The van der Waals surface area contributed by atoms with E-state index in [4.69, 9.17) is 9.47 Å². The molecule has 3 heterocycles. The van der Waals surface area contributed by atoms with E-state index in [1.807, 2.05) is 0 Å². The predicted molar refractivity (Wildman–Crippen MR) is 89.7 cm³/mol. The van der Waals surface area contributed by atoms with Crippen LogP contribution in [-0.4, -0.2) is 37.7 Å². The topological polar surface area (TPSA) is 59.6 Å². The van der Waals surface area contributed by atoms with Gasteiger partial charge in [-0.1, -0.05) is 18.7 Å². The van der Waals surface area contributed by atoms with E-state index in [9.17, 15) is 5.26 Å². The van der Waals surface area contributed by atoms with Gasteiger partial charge < -0.3 is 9.47 Å². The number of H-pyrrole nitrogens is 1. The van der Waals surface area contributed by atoms with Gasteiger partial charge in [0.05, 0.1) is 31.0 Å². The maximum Gasteiger partial charge on any atom is 0.281 e. The van der Waals surface area contributed by atoms with Crippen molar-refractivity contribution in [2.45, 2.75) is 44.4 Å². The van der Waals surface area contributed by atoms with E-state index in [1.54, 1.807) is 11.8 Å². The molecule has 2 aliphatic rings. The standard InChI is InChI=1S/C17H23N3O2S/c1-4-23-16-13(10-18)12-9-17(2,3)22-11-14(12)15(19-16)20-5-7-21-8-6-20/h4-9,11H2,1-3H3/p+1.